The van der Waals surface area contributed by atoms with Crippen molar-refractivity contribution < 1.29 is 19.1 Å². The average Bonchev–Trinajstić information content (AvgIpc) is 3.07. The largest absolute Gasteiger partial charge is 0.380 e. The molecule has 1 aromatic rings. The van der Waals surface area contributed by atoms with Gasteiger partial charge in [0.2, 0.25) is 11.8 Å². The van der Waals surface area contributed by atoms with Gasteiger partial charge in [-0.1, -0.05) is 30.1 Å². The van der Waals surface area contributed by atoms with Crippen molar-refractivity contribution in [3.05, 3.63) is 28.2 Å². The van der Waals surface area contributed by atoms with Crippen molar-refractivity contribution in [3.8, 4) is 0 Å². The van der Waals surface area contributed by atoms with E-state index >= 15 is 0 Å². The minimum Gasteiger partial charge on any atom is -0.380 e. The van der Waals surface area contributed by atoms with E-state index in [1.54, 1.807) is 39.7 Å². The van der Waals surface area contributed by atoms with Crippen molar-refractivity contribution in [1.29, 1.82) is 0 Å². The Morgan fingerprint density at radius 3 is 2.61 bits per heavy atom. The van der Waals surface area contributed by atoms with Gasteiger partial charge in [-0.25, -0.2) is 0 Å². The molecule has 8 nitrogen and oxygen atoms in total. The van der Waals surface area contributed by atoms with Gasteiger partial charge in [0.25, 0.3) is 0 Å². The van der Waals surface area contributed by atoms with Crippen LogP contribution >= 0.6 is 45.8 Å². The fourth-order valence-corrected chi connectivity index (χ4v) is 3.27. The monoisotopic (exact) mass is 582 g/mol. The predicted octanol–water partition coefficient (Wildman–Crippen LogP) is 3.53. The van der Waals surface area contributed by atoms with Crippen LogP contribution in [0.2, 0.25) is 10.0 Å². The number of rotatable bonds is 11. The third-order valence-corrected chi connectivity index (χ3v) is 5.71. The maximum absolute atomic E-state index is 12.2. The summed E-state index contributed by atoms with van der Waals surface area (Å²) in [6.07, 6.45) is 1.35. The van der Waals surface area contributed by atoms with Crippen LogP contribution in [0, 0.1) is 5.92 Å². The average molecular weight is 583 g/mol. The first kappa shape index (κ1) is 25.8. The van der Waals surface area contributed by atoms with Crippen molar-refractivity contribution in [1.82, 2.24) is 10.6 Å². The first-order valence-electron chi connectivity index (χ1n) is 9.90. The number of anilines is 1. The van der Waals surface area contributed by atoms with E-state index in [0.29, 0.717) is 48.4 Å². The molecular weight excluding hydrogens is 558 g/mol. The van der Waals surface area contributed by atoms with Crippen LogP contribution < -0.4 is 15.6 Å². The molecule has 2 rings (SSSR count). The number of hydrogen-bond donors (Lipinski definition) is 2. The molecule has 1 aliphatic heterocycles. The second-order valence-electron chi connectivity index (χ2n) is 7.04. The quantitative estimate of drug-likeness (QED) is 0.236. The second-order valence-corrected chi connectivity index (χ2v) is 9.05. The summed E-state index contributed by atoms with van der Waals surface area (Å²) in [6.45, 7) is 3.59. The lowest BCUT2D eigenvalue weighted by Crippen LogP contribution is -2.34. The number of amides is 2. The van der Waals surface area contributed by atoms with Gasteiger partial charge in [0.05, 0.1) is 35.5 Å². The zero-order valence-electron chi connectivity index (χ0n) is 17.1. The van der Waals surface area contributed by atoms with Crippen molar-refractivity contribution in [2.24, 2.45) is 11.0 Å². The van der Waals surface area contributed by atoms with Gasteiger partial charge < -0.3 is 15.4 Å². The van der Waals surface area contributed by atoms with Gasteiger partial charge in [0.15, 0.2) is 3.79 Å². The second kappa shape index (κ2) is 13.2. The third-order valence-electron chi connectivity index (χ3n) is 4.43. The molecule has 170 valence electrons. The fraction of sp³-hybridized carbons (Fsp3) is 0.500. The van der Waals surface area contributed by atoms with Crippen LogP contribution in [0.5, 0.6) is 0 Å². The van der Waals surface area contributed by atoms with Crippen molar-refractivity contribution in [2.75, 3.05) is 31.3 Å². The minimum atomic E-state index is -0.150. The van der Waals surface area contributed by atoms with Gasteiger partial charge in [-0.3, -0.25) is 19.4 Å². The van der Waals surface area contributed by atoms with E-state index < -0.39 is 0 Å². The number of nitrogens with zero attached hydrogens (tertiary/aromatic N) is 2. The topological polar surface area (TPSA) is 100 Å². The Morgan fingerprint density at radius 2 is 1.90 bits per heavy atom. The van der Waals surface area contributed by atoms with Gasteiger partial charge in [0.1, 0.15) is 5.84 Å². The number of hydrazone groups is 1. The van der Waals surface area contributed by atoms with E-state index in [2.05, 4.69) is 15.7 Å². The summed E-state index contributed by atoms with van der Waals surface area (Å²) in [4.78, 5) is 34.7. The number of hydrogen-bond acceptors (Lipinski definition) is 6. The Hall–Kier alpha value is -1.43. The van der Waals surface area contributed by atoms with Gasteiger partial charge in [-0.2, -0.15) is 5.10 Å². The summed E-state index contributed by atoms with van der Waals surface area (Å²) >= 11 is 13.7. The smallest absolute Gasteiger partial charge is 0.225 e. The molecule has 1 atom stereocenters. The Kier molecular flexibility index (Phi) is 11.0. The van der Waals surface area contributed by atoms with E-state index in [0.717, 1.165) is 5.69 Å². The molecule has 1 heterocycles. The Balaban J connectivity index is 1.66. The fourth-order valence-electron chi connectivity index (χ4n) is 2.76. The molecule has 31 heavy (non-hydrogen) atoms. The highest BCUT2D eigenvalue weighted by Crippen LogP contribution is 2.29. The highest BCUT2D eigenvalue weighted by molar-refractivity contribution is 14.1. The molecule has 2 N–H and O–H groups in total. The lowest BCUT2D eigenvalue weighted by Gasteiger charge is -2.14. The van der Waals surface area contributed by atoms with Crippen molar-refractivity contribution in [3.63, 3.8) is 0 Å². The lowest BCUT2D eigenvalue weighted by atomic mass is 10.1. The maximum Gasteiger partial charge on any atom is 0.225 e. The van der Waals surface area contributed by atoms with Crippen LogP contribution in [0.3, 0.4) is 0 Å². The Labute approximate surface area is 205 Å². The normalized spacial score (nSPS) is 15.5. The summed E-state index contributed by atoms with van der Waals surface area (Å²) in [5, 5.41) is 12.8. The molecule has 0 bridgehead atoms. The number of carbonyl (C=O) groups is 3. The summed E-state index contributed by atoms with van der Waals surface area (Å²) in [6, 6.07) is 5.27. The zero-order chi connectivity index (χ0) is 22.8. The maximum atomic E-state index is 12.2. The molecule has 1 unspecified atom stereocenters. The standard InChI is InChI=1S/C20H25Cl2IN4O4/c1-13-12-27(14-4-5-15(21)16(22)11-14)26-20(13)25-19(30)3-2-8-24-18(29)7-10-31-9-6-17(23)28/h4-5,11,13H,2-3,6-10,12H2,1H3,(H,24,29)(H,25,26,30). The molecule has 0 aromatic heterocycles. The van der Waals surface area contributed by atoms with E-state index in [9.17, 15) is 14.4 Å². The van der Waals surface area contributed by atoms with E-state index in [1.165, 1.54) is 0 Å². The predicted molar refractivity (Wildman–Crippen MR) is 130 cm³/mol. The van der Waals surface area contributed by atoms with Crippen molar-refractivity contribution >= 4 is 72.9 Å². The number of amidine groups is 1. The molecule has 1 aliphatic rings. The van der Waals surface area contributed by atoms with Crippen molar-refractivity contribution in [2.45, 2.75) is 32.6 Å². The number of carbonyl (C=O) groups excluding carboxylic acids is 3. The van der Waals surface area contributed by atoms with Gasteiger partial charge in [0, 0.05) is 31.7 Å². The number of halogens is 3. The highest BCUT2D eigenvalue weighted by atomic mass is 127. The first-order valence-corrected chi connectivity index (χ1v) is 11.7. The molecule has 0 saturated heterocycles. The van der Waals surface area contributed by atoms with Crippen LogP contribution in [0.4, 0.5) is 5.69 Å². The molecule has 0 saturated carbocycles. The zero-order valence-corrected chi connectivity index (χ0v) is 20.8. The van der Waals surface area contributed by atoms with Crippen LogP contribution in [0.25, 0.3) is 0 Å². The minimum absolute atomic E-state index is 0.0281. The van der Waals surface area contributed by atoms with Gasteiger partial charge in [-0.15, -0.1) is 0 Å². The van der Waals surface area contributed by atoms with Crippen LogP contribution in [-0.4, -0.2) is 47.7 Å². The Morgan fingerprint density at radius 1 is 1.16 bits per heavy atom. The molecular formula is C20H25Cl2IN4O4. The van der Waals surface area contributed by atoms with Gasteiger partial charge >= 0.3 is 0 Å². The van der Waals surface area contributed by atoms with Crippen LogP contribution in [0.15, 0.2) is 23.3 Å². The molecule has 1 aromatic carbocycles. The van der Waals surface area contributed by atoms with E-state index in [1.807, 2.05) is 13.0 Å². The lowest BCUT2D eigenvalue weighted by molar-refractivity contribution is -0.123. The summed E-state index contributed by atoms with van der Waals surface area (Å²) < 4.78 is 5.24. The van der Waals surface area contributed by atoms with Gasteiger partial charge in [-0.05, 0) is 47.2 Å². The summed E-state index contributed by atoms with van der Waals surface area (Å²) in [7, 11) is 0. The first-order chi connectivity index (χ1) is 14.8. The Bertz CT molecular complexity index is 837. The molecule has 0 spiro atoms. The number of nitrogens with one attached hydrogen (secondary N) is 2. The summed E-state index contributed by atoms with van der Waals surface area (Å²) in [5.74, 6) is 0.359. The number of benzene rings is 1. The highest BCUT2D eigenvalue weighted by Gasteiger charge is 2.25. The summed E-state index contributed by atoms with van der Waals surface area (Å²) in [5.41, 5.74) is 0.804. The number of ether oxygens (including phenoxy) is 1. The molecule has 11 heteroatoms. The third kappa shape index (κ3) is 9.30. The van der Waals surface area contributed by atoms with E-state index in [-0.39, 0.29) is 41.0 Å². The van der Waals surface area contributed by atoms with E-state index in [4.69, 9.17) is 27.9 Å². The SMILES string of the molecule is CC1CN(c2ccc(Cl)c(Cl)c2)N=C1NC(=O)CCCNC(=O)CCOCCC(=O)I. The van der Waals surface area contributed by atoms with Crippen LogP contribution in [-0.2, 0) is 19.1 Å². The molecule has 0 fully saturated rings. The molecule has 2 amide bonds. The molecule has 0 aliphatic carbocycles. The molecule has 0 radical (unpaired) electrons. The van der Waals surface area contributed by atoms with Crippen LogP contribution in [0.1, 0.15) is 32.6 Å².